The van der Waals surface area contributed by atoms with Crippen LogP contribution in [0.4, 0.5) is 0 Å². The van der Waals surface area contributed by atoms with E-state index in [1.165, 1.54) is 11.3 Å². The minimum atomic E-state index is -0.392. The van der Waals surface area contributed by atoms with Gasteiger partial charge in [-0.3, -0.25) is 9.59 Å². The van der Waals surface area contributed by atoms with Gasteiger partial charge < -0.3 is 11.1 Å². The Morgan fingerprint density at radius 3 is 2.60 bits per heavy atom. The number of thiophene rings is 1. The summed E-state index contributed by atoms with van der Waals surface area (Å²) in [5.74, 6) is 0.369. The molecule has 0 saturated carbocycles. The first kappa shape index (κ1) is 16.9. The lowest BCUT2D eigenvalue weighted by Crippen LogP contribution is -2.52. The number of nitrogens with one attached hydrogen (secondary N) is 1. The maximum atomic E-state index is 12.0. The van der Waals surface area contributed by atoms with Crippen LogP contribution in [-0.2, 0) is 4.79 Å². The third-order valence-corrected chi connectivity index (χ3v) is 4.04. The highest BCUT2D eigenvalue weighted by molar-refractivity contribution is 7.12. The van der Waals surface area contributed by atoms with E-state index in [9.17, 15) is 9.59 Å². The monoisotopic (exact) mass is 296 g/mol. The molecular formula is C15H24N2O2S. The van der Waals surface area contributed by atoms with Crippen molar-refractivity contribution in [1.82, 2.24) is 5.32 Å². The predicted molar refractivity (Wildman–Crippen MR) is 82.9 cm³/mol. The zero-order valence-corrected chi connectivity index (χ0v) is 13.3. The molecule has 3 N–H and O–H groups in total. The summed E-state index contributed by atoms with van der Waals surface area (Å²) in [5.41, 5.74) is 5.37. The maximum Gasteiger partial charge on any atom is 0.220 e. The van der Waals surface area contributed by atoms with E-state index in [4.69, 9.17) is 5.73 Å². The summed E-state index contributed by atoms with van der Waals surface area (Å²) in [7, 11) is 0. The molecule has 0 saturated heterocycles. The normalized spacial score (nSPS) is 14.1. The standard InChI is InChI=1S/C15H24N2O2S/c1-11(2)9-15(3,10-16)17-14(19)7-6-12(18)13-5-4-8-20-13/h4-5,8,11H,6-7,9-10,16H2,1-3H3,(H,17,19). The van der Waals surface area contributed by atoms with E-state index in [0.717, 1.165) is 6.42 Å². The lowest BCUT2D eigenvalue weighted by molar-refractivity contribution is -0.122. The second-order valence-corrected chi connectivity index (χ2v) is 6.76. The predicted octanol–water partition coefficient (Wildman–Crippen LogP) is 2.59. The highest BCUT2D eigenvalue weighted by Gasteiger charge is 2.25. The van der Waals surface area contributed by atoms with Gasteiger partial charge in [0, 0.05) is 24.9 Å². The molecule has 0 aliphatic heterocycles. The summed E-state index contributed by atoms with van der Waals surface area (Å²) in [5, 5.41) is 4.82. The third-order valence-electron chi connectivity index (χ3n) is 3.13. The summed E-state index contributed by atoms with van der Waals surface area (Å²) in [6.45, 7) is 6.54. The van der Waals surface area contributed by atoms with Gasteiger partial charge in [0.25, 0.3) is 0 Å². The Kier molecular flexibility index (Phi) is 6.36. The van der Waals surface area contributed by atoms with E-state index in [1.807, 2.05) is 18.4 Å². The summed E-state index contributed by atoms with van der Waals surface area (Å²) in [6.07, 6.45) is 1.28. The van der Waals surface area contributed by atoms with Crippen LogP contribution >= 0.6 is 11.3 Å². The maximum absolute atomic E-state index is 12.0. The van der Waals surface area contributed by atoms with Gasteiger partial charge in [0.2, 0.25) is 5.91 Å². The first-order valence-corrected chi connectivity index (χ1v) is 7.82. The van der Waals surface area contributed by atoms with Gasteiger partial charge in [-0.05, 0) is 30.7 Å². The fraction of sp³-hybridized carbons (Fsp3) is 0.600. The van der Waals surface area contributed by atoms with Gasteiger partial charge in [-0.2, -0.15) is 0 Å². The van der Waals surface area contributed by atoms with Crippen LogP contribution in [0.1, 0.15) is 49.7 Å². The average Bonchev–Trinajstić information content (AvgIpc) is 2.88. The first-order chi connectivity index (χ1) is 9.36. The zero-order chi connectivity index (χ0) is 15.2. The van der Waals surface area contributed by atoms with E-state index < -0.39 is 5.54 Å². The highest BCUT2D eigenvalue weighted by atomic mass is 32.1. The number of ketones is 1. The summed E-state index contributed by atoms with van der Waals surface area (Å²) >= 11 is 1.41. The SMILES string of the molecule is CC(C)CC(C)(CN)NC(=O)CCC(=O)c1cccs1. The molecule has 112 valence electrons. The van der Waals surface area contributed by atoms with Crippen LogP contribution in [0, 0.1) is 5.92 Å². The minimum Gasteiger partial charge on any atom is -0.350 e. The topological polar surface area (TPSA) is 72.2 Å². The average molecular weight is 296 g/mol. The molecule has 5 heteroatoms. The molecule has 0 aliphatic rings. The fourth-order valence-corrected chi connectivity index (χ4v) is 2.97. The molecule has 1 rings (SSSR count). The Morgan fingerprint density at radius 2 is 2.10 bits per heavy atom. The molecule has 20 heavy (non-hydrogen) atoms. The van der Waals surface area contributed by atoms with Crippen molar-refractivity contribution in [3.63, 3.8) is 0 Å². The third kappa shape index (κ3) is 5.43. The van der Waals surface area contributed by atoms with Gasteiger partial charge >= 0.3 is 0 Å². The number of nitrogens with two attached hydrogens (primary N) is 1. The van der Waals surface area contributed by atoms with Crippen molar-refractivity contribution in [2.24, 2.45) is 11.7 Å². The lowest BCUT2D eigenvalue weighted by Gasteiger charge is -2.31. The van der Waals surface area contributed by atoms with Gasteiger partial charge in [-0.15, -0.1) is 11.3 Å². The number of carbonyl (C=O) groups excluding carboxylic acids is 2. The van der Waals surface area contributed by atoms with Crippen LogP contribution in [-0.4, -0.2) is 23.8 Å². The number of carbonyl (C=O) groups is 2. The van der Waals surface area contributed by atoms with E-state index in [1.54, 1.807) is 6.07 Å². The molecule has 1 heterocycles. The largest absolute Gasteiger partial charge is 0.350 e. The van der Waals surface area contributed by atoms with Crippen molar-refractivity contribution in [3.05, 3.63) is 22.4 Å². The van der Waals surface area contributed by atoms with Crippen molar-refractivity contribution in [2.75, 3.05) is 6.54 Å². The molecule has 1 aromatic rings. The molecule has 0 aromatic carbocycles. The highest BCUT2D eigenvalue weighted by Crippen LogP contribution is 2.16. The van der Waals surface area contributed by atoms with Crippen LogP contribution < -0.4 is 11.1 Å². The second kappa shape index (κ2) is 7.55. The van der Waals surface area contributed by atoms with Gasteiger partial charge in [0.05, 0.1) is 4.88 Å². The van der Waals surface area contributed by atoms with E-state index in [2.05, 4.69) is 19.2 Å². The molecule has 0 radical (unpaired) electrons. The zero-order valence-electron chi connectivity index (χ0n) is 12.4. The smallest absolute Gasteiger partial charge is 0.220 e. The van der Waals surface area contributed by atoms with E-state index in [-0.39, 0.29) is 24.5 Å². The Labute approximate surface area is 124 Å². The molecular weight excluding hydrogens is 272 g/mol. The van der Waals surface area contributed by atoms with Crippen LogP contribution in [0.25, 0.3) is 0 Å². The number of Topliss-reactive ketones (excluding diaryl/α,β-unsaturated/α-hetero) is 1. The van der Waals surface area contributed by atoms with Crippen molar-refractivity contribution in [1.29, 1.82) is 0 Å². The van der Waals surface area contributed by atoms with Gasteiger partial charge in [0.15, 0.2) is 5.78 Å². The number of amides is 1. The fourth-order valence-electron chi connectivity index (χ4n) is 2.27. The quantitative estimate of drug-likeness (QED) is 0.724. The van der Waals surface area contributed by atoms with Crippen molar-refractivity contribution in [3.8, 4) is 0 Å². The number of hydrogen-bond donors (Lipinski definition) is 2. The molecule has 0 bridgehead atoms. The molecule has 1 amide bonds. The van der Waals surface area contributed by atoms with E-state index >= 15 is 0 Å². The molecule has 0 aliphatic carbocycles. The van der Waals surface area contributed by atoms with Gasteiger partial charge in [-0.25, -0.2) is 0 Å². The Hall–Kier alpha value is -1.20. The second-order valence-electron chi connectivity index (χ2n) is 5.81. The Bertz CT molecular complexity index is 443. The van der Waals surface area contributed by atoms with Crippen molar-refractivity contribution in [2.45, 2.75) is 45.6 Å². The summed E-state index contributed by atoms with van der Waals surface area (Å²) in [6, 6.07) is 3.62. The number of rotatable bonds is 8. The van der Waals surface area contributed by atoms with Crippen LogP contribution in [0.3, 0.4) is 0 Å². The van der Waals surface area contributed by atoms with Crippen molar-refractivity contribution < 1.29 is 9.59 Å². The summed E-state index contributed by atoms with van der Waals surface area (Å²) < 4.78 is 0. The Balaban J connectivity index is 2.44. The number of hydrogen-bond acceptors (Lipinski definition) is 4. The minimum absolute atomic E-state index is 0.0217. The molecule has 4 nitrogen and oxygen atoms in total. The molecule has 0 spiro atoms. The van der Waals surface area contributed by atoms with Gasteiger partial charge in [0.1, 0.15) is 0 Å². The van der Waals surface area contributed by atoms with Crippen LogP contribution in [0.2, 0.25) is 0 Å². The molecule has 0 fully saturated rings. The first-order valence-electron chi connectivity index (χ1n) is 6.94. The Morgan fingerprint density at radius 1 is 1.40 bits per heavy atom. The lowest BCUT2D eigenvalue weighted by atomic mass is 9.90. The molecule has 1 unspecified atom stereocenters. The van der Waals surface area contributed by atoms with Crippen LogP contribution in [0.5, 0.6) is 0 Å². The summed E-state index contributed by atoms with van der Waals surface area (Å²) in [4.78, 5) is 24.5. The van der Waals surface area contributed by atoms with Gasteiger partial charge in [-0.1, -0.05) is 19.9 Å². The van der Waals surface area contributed by atoms with E-state index in [0.29, 0.717) is 17.3 Å². The van der Waals surface area contributed by atoms with Crippen LogP contribution in [0.15, 0.2) is 17.5 Å². The molecule has 1 aromatic heterocycles. The van der Waals surface area contributed by atoms with Crippen molar-refractivity contribution >= 4 is 23.0 Å². The molecule has 1 atom stereocenters.